The van der Waals surface area contributed by atoms with Crippen LogP contribution < -0.4 is 0 Å². The van der Waals surface area contributed by atoms with Gasteiger partial charge in [-0.05, 0) is 59.3 Å². The molecule has 1 aliphatic carbocycles. The molecule has 0 aromatic heterocycles. The first-order valence-corrected chi connectivity index (χ1v) is 8.66. The van der Waals surface area contributed by atoms with Gasteiger partial charge in [0.2, 0.25) is 0 Å². The van der Waals surface area contributed by atoms with E-state index in [9.17, 15) is 8.78 Å². The molecule has 118 valence electrons. The van der Waals surface area contributed by atoms with Crippen molar-refractivity contribution in [2.24, 2.45) is 0 Å². The lowest BCUT2D eigenvalue weighted by molar-refractivity contribution is 0.443. The molecular formula is C19H17F2NS. The fraction of sp³-hybridized carbons (Fsp3) is 0.316. The average molecular weight is 329 g/mol. The van der Waals surface area contributed by atoms with Gasteiger partial charge >= 0.3 is 0 Å². The highest BCUT2D eigenvalue weighted by Gasteiger charge is 2.16. The lowest BCUT2D eigenvalue weighted by Crippen LogP contribution is -2.04. The van der Waals surface area contributed by atoms with E-state index in [0.717, 1.165) is 5.56 Å². The van der Waals surface area contributed by atoms with Gasteiger partial charge in [-0.15, -0.1) is 0 Å². The second-order valence-corrected chi connectivity index (χ2v) is 6.71. The van der Waals surface area contributed by atoms with Crippen LogP contribution in [-0.4, -0.2) is 0 Å². The van der Waals surface area contributed by atoms with Crippen molar-refractivity contribution in [2.75, 3.05) is 0 Å². The molecule has 3 rings (SSSR count). The molecule has 0 radical (unpaired) electrons. The lowest BCUT2D eigenvalue weighted by Gasteiger charge is -2.22. The Kier molecular flexibility index (Phi) is 4.97. The summed E-state index contributed by atoms with van der Waals surface area (Å²) >= 11 is 0.509. The zero-order chi connectivity index (χ0) is 16.2. The van der Waals surface area contributed by atoms with E-state index >= 15 is 0 Å². The number of nitrogens with zero attached hydrogens (tertiary/aromatic N) is 1. The van der Waals surface area contributed by atoms with Gasteiger partial charge in [0.05, 0.1) is 4.90 Å². The SMILES string of the molecule is N#CSc1c(F)cc(-c2ccc(C3CCCCC3)cc2)cc1F. The molecule has 0 unspecified atom stereocenters. The average Bonchev–Trinajstić information content (AvgIpc) is 2.59. The summed E-state index contributed by atoms with van der Waals surface area (Å²) in [5.74, 6) is -0.772. The van der Waals surface area contributed by atoms with Crippen LogP contribution in [0.3, 0.4) is 0 Å². The Balaban J connectivity index is 1.86. The van der Waals surface area contributed by atoms with Crippen LogP contribution in [0.25, 0.3) is 11.1 Å². The van der Waals surface area contributed by atoms with Gasteiger partial charge in [-0.25, -0.2) is 8.78 Å². The van der Waals surface area contributed by atoms with Crippen molar-refractivity contribution in [2.45, 2.75) is 42.9 Å². The van der Waals surface area contributed by atoms with E-state index in [0.29, 0.717) is 23.2 Å². The van der Waals surface area contributed by atoms with Gasteiger partial charge in [-0.3, -0.25) is 0 Å². The van der Waals surface area contributed by atoms with Gasteiger partial charge in [0, 0.05) is 0 Å². The first kappa shape index (κ1) is 16.0. The standard InChI is InChI=1S/C19H17F2NS/c20-17-10-16(11-18(21)19(17)23-12-22)15-8-6-14(7-9-15)13-4-2-1-3-5-13/h6-11,13H,1-5H2. The van der Waals surface area contributed by atoms with Gasteiger partial charge in [-0.2, -0.15) is 5.26 Å². The molecule has 1 nitrogen and oxygen atoms in total. The number of benzene rings is 2. The molecule has 1 saturated carbocycles. The summed E-state index contributed by atoms with van der Waals surface area (Å²) in [6, 6.07) is 10.6. The maximum atomic E-state index is 13.9. The highest BCUT2D eigenvalue weighted by atomic mass is 32.2. The van der Waals surface area contributed by atoms with Gasteiger partial charge < -0.3 is 0 Å². The van der Waals surface area contributed by atoms with E-state index < -0.39 is 11.6 Å². The Morgan fingerprint density at radius 1 is 0.913 bits per heavy atom. The molecule has 1 aliphatic rings. The summed E-state index contributed by atoms with van der Waals surface area (Å²) in [6.45, 7) is 0. The van der Waals surface area contributed by atoms with Gasteiger partial charge in [-0.1, -0.05) is 43.5 Å². The number of hydrogen-bond acceptors (Lipinski definition) is 2. The van der Waals surface area contributed by atoms with Crippen LogP contribution in [0.2, 0.25) is 0 Å². The molecular weight excluding hydrogens is 312 g/mol. The predicted molar refractivity (Wildman–Crippen MR) is 89.1 cm³/mol. The maximum Gasteiger partial charge on any atom is 0.141 e. The van der Waals surface area contributed by atoms with Crippen LogP contribution in [0, 0.1) is 22.3 Å². The van der Waals surface area contributed by atoms with E-state index in [4.69, 9.17) is 5.26 Å². The van der Waals surface area contributed by atoms with E-state index in [1.54, 1.807) is 5.40 Å². The Morgan fingerprint density at radius 2 is 1.52 bits per heavy atom. The zero-order valence-corrected chi connectivity index (χ0v) is 13.5. The van der Waals surface area contributed by atoms with Crippen molar-refractivity contribution >= 4 is 11.8 Å². The molecule has 0 heterocycles. The Hall–Kier alpha value is -1.86. The smallest absolute Gasteiger partial charge is 0.141 e. The molecule has 1 fully saturated rings. The Morgan fingerprint density at radius 3 is 2.09 bits per heavy atom. The quantitative estimate of drug-likeness (QED) is 0.490. The molecule has 0 spiro atoms. The summed E-state index contributed by atoms with van der Waals surface area (Å²) in [7, 11) is 0. The fourth-order valence-corrected chi connectivity index (χ4v) is 3.66. The normalized spacial score (nSPS) is 15.3. The number of rotatable bonds is 3. The number of thioether (sulfide) groups is 1. The van der Waals surface area contributed by atoms with Crippen LogP contribution in [0.1, 0.15) is 43.6 Å². The minimum atomic E-state index is -0.692. The molecule has 4 heteroatoms. The molecule has 0 atom stereocenters. The topological polar surface area (TPSA) is 23.8 Å². The van der Waals surface area contributed by atoms with Crippen LogP contribution in [-0.2, 0) is 0 Å². The molecule has 0 bridgehead atoms. The van der Waals surface area contributed by atoms with E-state index in [2.05, 4.69) is 12.1 Å². The first-order valence-electron chi connectivity index (χ1n) is 7.84. The summed E-state index contributed by atoms with van der Waals surface area (Å²) in [5.41, 5.74) is 2.60. The zero-order valence-electron chi connectivity index (χ0n) is 12.7. The number of halogens is 2. The monoisotopic (exact) mass is 329 g/mol. The maximum absolute atomic E-state index is 13.9. The van der Waals surface area contributed by atoms with Crippen LogP contribution in [0.5, 0.6) is 0 Å². The van der Waals surface area contributed by atoms with Gasteiger partial charge in [0.15, 0.2) is 0 Å². The third-order valence-corrected chi connectivity index (χ3v) is 5.15. The fourth-order valence-electron chi connectivity index (χ4n) is 3.25. The molecule has 0 saturated heterocycles. The van der Waals surface area contributed by atoms with Crippen LogP contribution in [0.4, 0.5) is 8.78 Å². The summed E-state index contributed by atoms with van der Waals surface area (Å²) in [4.78, 5) is -0.241. The summed E-state index contributed by atoms with van der Waals surface area (Å²) in [6.07, 6.45) is 6.33. The lowest BCUT2D eigenvalue weighted by atomic mass is 9.84. The van der Waals surface area contributed by atoms with Crippen LogP contribution >= 0.6 is 11.8 Å². The van der Waals surface area contributed by atoms with Gasteiger partial charge in [0.25, 0.3) is 0 Å². The predicted octanol–water partition coefficient (Wildman–Crippen LogP) is 6.25. The Labute approximate surface area is 139 Å². The Bertz CT molecular complexity index is 705. The largest absolute Gasteiger partial charge is 0.206 e. The first-order chi connectivity index (χ1) is 11.2. The third-order valence-electron chi connectivity index (χ3n) is 4.47. The van der Waals surface area contributed by atoms with E-state index in [1.807, 2.05) is 12.1 Å². The van der Waals surface area contributed by atoms with E-state index in [1.165, 1.54) is 49.8 Å². The molecule has 0 aliphatic heterocycles. The molecule has 23 heavy (non-hydrogen) atoms. The number of nitriles is 1. The van der Waals surface area contributed by atoms with Crippen molar-refractivity contribution in [3.63, 3.8) is 0 Å². The molecule has 0 N–H and O–H groups in total. The molecule has 2 aromatic carbocycles. The van der Waals surface area contributed by atoms with Crippen molar-refractivity contribution < 1.29 is 8.78 Å². The van der Waals surface area contributed by atoms with Crippen molar-refractivity contribution in [1.82, 2.24) is 0 Å². The second-order valence-electron chi connectivity index (χ2n) is 5.92. The molecule has 2 aromatic rings. The third kappa shape index (κ3) is 3.56. The number of hydrogen-bond donors (Lipinski definition) is 0. The summed E-state index contributed by atoms with van der Waals surface area (Å²) in [5, 5.41) is 10.3. The second kappa shape index (κ2) is 7.14. The van der Waals surface area contributed by atoms with Crippen LogP contribution in [0.15, 0.2) is 41.3 Å². The highest BCUT2D eigenvalue weighted by molar-refractivity contribution is 8.03. The minimum Gasteiger partial charge on any atom is -0.206 e. The highest BCUT2D eigenvalue weighted by Crippen LogP contribution is 2.34. The van der Waals surface area contributed by atoms with Crippen molar-refractivity contribution in [3.8, 4) is 16.5 Å². The minimum absolute atomic E-state index is 0.241. The van der Waals surface area contributed by atoms with Crippen molar-refractivity contribution in [1.29, 1.82) is 5.26 Å². The number of thiocyanates is 1. The van der Waals surface area contributed by atoms with Gasteiger partial charge in [0.1, 0.15) is 17.0 Å². The van der Waals surface area contributed by atoms with Crippen molar-refractivity contribution in [3.05, 3.63) is 53.6 Å². The molecule has 0 amide bonds. The summed E-state index contributed by atoms with van der Waals surface area (Å²) < 4.78 is 27.9. The van der Waals surface area contributed by atoms with E-state index in [-0.39, 0.29) is 4.90 Å².